The summed E-state index contributed by atoms with van der Waals surface area (Å²) in [6.45, 7) is 3.49. The summed E-state index contributed by atoms with van der Waals surface area (Å²) in [6, 6.07) is 14.1. The molecular formula is C21H25FN2O2. The number of rotatable bonds is 4. The molecule has 0 aliphatic carbocycles. The average Bonchev–Trinajstić information content (AvgIpc) is 2.63. The van der Waals surface area contributed by atoms with Crippen molar-refractivity contribution in [3.05, 3.63) is 71.0 Å². The summed E-state index contributed by atoms with van der Waals surface area (Å²) < 4.78 is 19.8. The van der Waals surface area contributed by atoms with Gasteiger partial charge in [0, 0.05) is 18.7 Å². The van der Waals surface area contributed by atoms with Gasteiger partial charge in [-0.1, -0.05) is 36.4 Å². The number of hydrogen-bond acceptors (Lipinski definition) is 3. The van der Waals surface area contributed by atoms with Gasteiger partial charge in [0.1, 0.15) is 5.82 Å². The Bertz CT molecular complexity index is 764. The quantitative estimate of drug-likeness (QED) is 0.843. The van der Waals surface area contributed by atoms with Gasteiger partial charge in [0.05, 0.1) is 18.8 Å². The van der Waals surface area contributed by atoms with E-state index in [1.807, 2.05) is 56.3 Å². The van der Waals surface area contributed by atoms with Gasteiger partial charge >= 0.3 is 0 Å². The second-order valence-electron chi connectivity index (χ2n) is 6.98. The molecule has 1 aliphatic heterocycles. The Hall–Kier alpha value is -2.24. The number of carbonyl (C=O) groups is 1. The molecule has 26 heavy (non-hydrogen) atoms. The van der Waals surface area contributed by atoms with E-state index in [0.29, 0.717) is 25.3 Å². The Labute approximate surface area is 154 Å². The van der Waals surface area contributed by atoms with Crippen LogP contribution in [0.4, 0.5) is 4.39 Å². The molecule has 3 rings (SSSR count). The van der Waals surface area contributed by atoms with Gasteiger partial charge in [-0.15, -0.1) is 0 Å². The Kier molecular flexibility index (Phi) is 5.69. The van der Waals surface area contributed by atoms with E-state index in [9.17, 15) is 9.18 Å². The molecule has 0 saturated carbocycles. The van der Waals surface area contributed by atoms with E-state index in [2.05, 4.69) is 4.90 Å². The molecule has 1 heterocycles. The largest absolute Gasteiger partial charge is 0.373 e. The van der Waals surface area contributed by atoms with E-state index < -0.39 is 5.82 Å². The van der Waals surface area contributed by atoms with Gasteiger partial charge in [0.2, 0.25) is 0 Å². The van der Waals surface area contributed by atoms with E-state index >= 15 is 0 Å². The monoisotopic (exact) mass is 356 g/mol. The van der Waals surface area contributed by atoms with Crippen molar-refractivity contribution in [1.82, 2.24) is 9.80 Å². The third kappa shape index (κ3) is 3.94. The van der Waals surface area contributed by atoms with E-state index in [4.69, 9.17) is 4.74 Å². The van der Waals surface area contributed by atoms with Gasteiger partial charge in [0.25, 0.3) is 5.91 Å². The normalized spacial score (nSPS) is 20.4. The highest BCUT2D eigenvalue weighted by atomic mass is 19.1. The van der Waals surface area contributed by atoms with Gasteiger partial charge in [-0.05, 0) is 44.3 Å². The molecule has 1 fully saturated rings. The van der Waals surface area contributed by atoms with Crippen LogP contribution in [0, 0.1) is 12.7 Å². The highest BCUT2D eigenvalue weighted by Gasteiger charge is 2.37. The van der Waals surface area contributed by atoms with E-state index in [0.717, 1.165) is 11.1 Å². The minimum absolute atomic E-state index is 0.140. The molecule has 0 aromatic heterocycles. The minimum atomic E-state index is -0.395. The highest BCUT2D eigenvalue weighted by Crippen LogP contribution is 2.32. The summed E-state index contributed by atoms with van der Waals surface area (Å²) in [5, 5.41) is 0. The van der Waals surface area contributed by atoms with Crippen molar-refractivity contribution in [3.8, 4) is 0 Å². The second kappa shape index (κ2) is 7.98. The number of benzene rings is 2. The van der Waals surface area contributed by atoms with Crippen LogP contribution in [0.3, 0.4) is 0 Å². The standard InChI is InChI=1S/C21H25FN2O2/c1-15-9-10-17(22)13-18(15)21(25)24-11-12-26-19(14-23(2)3)20(24)16-7-5-4-6-8-16/h4-10,13,19-20H,11-12,14H2,1-3H3/t19-,20-/m0/s1. The van der Waals surface area contributed by atoms with Crippen molar-refractivity contribution < 1.29 is 13.9 Å². The molecule has 2 atom stereocenters. The zero-order valence-corrected chi connectivity index (χ0v) is 15.5. The van der Waals surface area contributed by atoms with Gasteiger partial charge in [-0.2, -0.15) is 0 Å². The zero-order valence-electron chi connectivity index (χ0n) is 15.5. The fourth-order valence-corrected chi connectivity index (χ4v) is 3.50. The summed E-state index contributed by atoms with van der Waals surface area (Å²) in [5.74, 6) is -0.545. The van der Waals surface area contributed by atoms with Crippen LogP contribution in [0.2, 0.25) is 0 Å². The second-order valence-corrected chi connectivity index (χ2v) is 6.98. The van der Waals surface area contributed by atoms with Crippen molar-refractivity contribution in [2.45, 2.75) is 19.1 Å². The lowest BCUT2D eigenvalue weighted by Crippen LogP contribution is -2.51. The molecule has 2 aromatic carbocycles. The average molecular weight is 356 g/mol. The Morgan fingerprint density at radius 3 is 2.65 bits per heavy atom. The number of likely N-dealkylation sites (N-methyl/N-ethyl adjacent to an activating group) is 1. The smallest absolute Gasteiger partial charge is 0.254 e. The van der Waals surface area contributed by atoms with Crippen LogP contribution in [0.5, 0.6) is 0 Å². The molecule has 4 nitrogen and oxygen atoms in total. The van der Waals surface area contributed by atoms with Gasteiger partial charge < -0.3 is 14.5 Å². The van der Waals surface area contributed by atoms with Crippen molar-refractivity contribution in [3.63, 3.8) is 0 Å². The number of carbonyl (C=O) groups excluding carboxylic acids is 1. The molecule has 0 N–H and O–H groups in total. The van der Waals surface area contributed by atoms with Crippen molar-refractivity contribution in [2.24, 2.45) is 0 Å². The van der Waals surface area contributed by atoms with Crippen LogP contribution in [0.1, 0.15) is 27.5 Å². The molecule has 0 unspecified atom stereocenters. The van der Waals surface area contributed by atoms with E-state index in [1.165, 1.54) is 12.1 Å². The molecule has 5 heteroatoms. The first-order chi connectivity index (χ1) is 12.5. The third-order valence-electron chi connectivity index (χ3n) is 4.73. The summed E-state index contributed by atoms with van der Waals surface area (Å²) in [7, 11) is 3.98. The molecule has 0 spiro atoms. The first kappa shape index (κ1) is 18.5. The van der Waals surface area contributed by atoms with Crippen LogP contribution >= 0.6 is 0 Å². The minimum Gasteiger partial charge on any atom is -0.373 e. The number of nitrogens with zero attached hydrogens (tertiary/aromatic N) is 2. The number of hydrogen-bond donors (Lipinski definition) is 0. The molecule has 1 saturated heterocycles. The Morgan fingerprint density at radius 2 is 1.96 bits per heavy atom. The molecule has 138 valence electrons. The lowest BCUT2D eigenvalue weighted by molar-refractivity contribution is -0.0684. The third-order valence-corrected chi connectivity index (χ3v) is 4.73. The number of amides is 1. The van der Waals surface area contributed by atoms with Gasteiger partial charge in [-0.3, -0.25) is 4.79 Å². The van der Waals surface area contributed by atoms with E-state index in [-0.39, 0.29) is 18.1 Å². The summed E-state index contributed by atoms with van der Waals surface area (Å²) >= 11 is 0. The fourth-order valence-electron chi connectivity index (χ4n) is 3.50. The number of aryl methyl sites for hydroxylation is 1. The van der Waals surface area contributed by atoms with Gasteiger partial charge in [0.15, 0.2) is 0 Å². The zero-order chi connectivity index (χ0) is 18.7. The van der Waals surface area contributed by atoms with Crippen LogP contribution in [-0.4, -0.2) is 55.6 Å². The number of morpholine rings is 1. The summed E-state index contributed by atoms with van der Waals surface area (Å²) in [5.41, 5.74) is 2.22. The lowest BCUT2D eigenvalue weighted by atomic mass is 9.96. The van der Waals surface area contributed by atoms with Gasteiger partial charge in [-0.25, -0.2) is 4.39 Å². The molecular weight excluding hydrogens is 331 g/mol. The summed E-state index contributed by atoms with van der Waals surface area (Å²) in [4.78, 5) is 17.2. The number of ether oxygens (including phenoxy) is 1. The molecule has 1 aliphatic rings. The van der Waals surface area contributed by atoms with Crippen molar-refractivity contribution in [1.29, 1.82) is 0 Å². The van der Waals surface area contributed by atoms with Crippen LogP contribution < -0.4 is 0 Å². The first-order valence-electron chi connectivity index (χ1n) is 8.86. The summed E-state index contributed by atoms with van der Waals surface area (Å²) in [6.07, 6.45) is -0.140. The molecule has 0 bridgehead atoms. The molecule has 0 radical (unpaired) electrons. The SMILES string of the molecule is Cc1ccc(F)cc1C(=O)N1CCO[C@@H](CN(C)C)[C@@H]1c1ccccc1. The van der Waals surface area contributed by atoms with Crippen LogP contribution in [0.25, 0.3) is 0 Å². The Morgan fingerprint density at radius 1 is 1.23 bits per heavy atom. The van der Waals surface area contributed by atoms with Crippen LogP contribution in [-0.2, 0) is 4.74 Å². The predicted molar refractivity (Wildman–Crippen MR) is 99.7 cm³/mol. The van der Waals surface area contributed by atoms with Crippen molar-refractivity contribution >= 4 is 5.91 Å². The predicted octanol–water partition coefficient (Wildman–Crippen LogP) is 3.28. The first-order valence-corrected chi connectivity index (χ1v) is 8.86. The molecule has 1 amide bonds. The number of halogens is 1. The highest BCUT2D eigenvalue weighted by molar-refractivity contribution is 5.96. The maximum Gasteiger partial charge on any atom is 0.254 e. The molecule has 2 aromatic rings. The fraction of sp³-hybridized carbons (Fsp3) is 0.381. The maximum atomic E-state index is 13.7. The van der Waals surface area contributed by atoms with Crippen molar-refractivity contribution in [2.75, 3.05) is 33.8 Å². The lowest BCUT2D eigenvalue weighted by Gasteiger charge is -2.42. The Balaban J connectivity index is 1.99. The van der Waals surface area contributed by atoms with Crippen LogP contribution in [0.15, 0.2) is 48.5 Å². The van der Waals surface area contributed by atoms with E-state index in [1.54, 1.807) is 6.07 Å². The topological polar surface area (TPSA) is 32.8 Å². The maximum absolute atomic E-state index is 13.7.